The maximum absolute atomic E-state index is 12.9. The number of hydrogen-bond donors (Lipinski definition) is 0. The lowest BCUT2D eigenvalue weighted by Gasteiger charge is -2.25. The van der Waals surface area contributed by atoms with E-state index in [1.807, 2.05) is 66.0 Å². The van der Waals surface area contributed by atoms with Crippen molar-refractivity contribution in [2.75, 3.05) is 20.2 Å². The Labute approximate surface area is 209 Å². The van der Waals surface area contributed by atoms with Crippen molar-refractivity contribution in [3.63, 3.8) is 0 Å². The normalized spacial score (nSPS) is 14.5. The van der Waals surface area contributed by atoms with E-state index in [9.17, 15) is 8.42 Å². The molecule has 0 spiro atoms. The van der Waals surface area contributed by atoms with E-state index in [1.54, 1.807) is 34.9 Å². The molecule has 5 rings (SSSR count). The first kappa shape index (κ1) is 23.5. The third-order valence-corrected chi connectivity index (χ3v) is 8.81. The molecule has 1 fully saturated rings. The third-order valence-electron chi connectivity index (χ3n) is 6.00. The van der Waals surface area contributed by atoms with Gasteiger partial charge < -0.3 is 9.47 Å². The fourth-order valence-corrected chi connectivity index (χ4v) is 6.39. The molecular formula is C27H26N2O4S2. The van der Waals surface area contributed by atoms with E-state index in [-0.39, 0.29) is 0 Å². The number of piperidine rings is 1. The molecule has 1 saturated heterocycles. The van der Waals surface area contributed by atoms with E-state index in [1.165, 1.54) is 0 Å². The Balaban J connectivity index is 1.28. The van der Waals surface area contributed by atoms with E-state index in [0.717, 1.165) is 58.3 Å². The van der Waals surface area contributed by atoms with Crippen molar-refractivity contribution in [1.82, 2.24) is 9.29 Å². The second kappa shape index (κ2) is 10.2. The fraction of sp³-hybridized carbons (Fsp3) is 0.222. The van der Waals surface area contributed by atoms with Gasteiger partial charge in [-0.2, -0.15) is 4.31 Å². The van der Waals surface area contributed by atoms with Crippen LogP contribution in [0.15, 0.2) is 83.1 Å². The van der Waals surface area contributed by atoms with Gasteiger partial charge in [-0.15, -0.1) is 11.3 Å². The van der Waals surface area contributed by atoms with Crippen LogP contribution in [0.3, 0.4) is 0 Å². The molecule has 0 bridgehead atoms. The quantitative estimate of drug-likeness (QED) is 0.288. The van der Waals surface area contributed by atoms with Crippen LogP contribution in [0.4, 0.5) is 0 Å². The molecule has 0 radical (unpaired) electrons. The smallest absolute Gasteiger partial charge is 0.243 e. The summed E-state index contributed by atoms with van der Waals surface area (Å²) in [4.78, 5) is 5.11. The molecule has 35 heavy (non-hydrogen) atoms. The zero-order valence-corrected chi connectivity index (χ0v) is 21.0. The molecule has 0 atom stereocenters. The van der Waals surface area contributed by atoms with Crippen molar-refractivity contribution >= 4 is 21.4 Å². The summed E-state index contributed by atoms with van der Waals surface area (Å²) < 4.78 is 38.5. The standard InChI is InChI=1S/C27H26N2O4S2/c1-32-22-11-13-24(14-12-22)33-23-9-5-21(6-10-23)27-28-26(19-34-27)20-7-15-25(16-8-20)35(30,31)29-17-3-2-4-18-29/h5-16,19H,2-4,17-18H2,1H3. The molecule has 0 N–H and O–H groups in total. The molecule has 3 aromatic carbocycles. The lowest BCUT2D eigenvalue weighted by atomic mass is 10.2. The second-order valence-electron chi connectivity index (χ2n) is 8.33. The number of aromatic nitrogens is 1. The number of benzene rings is 3. The number of methoxy groups -OCH3 is 1. The number of hydrogen-bond acceptors (Lipinski definition) is 6. The Morgan fingerprint density at radius 1 is 0.771 bits per heavy atom. The molecule has 6 nitrogen and oxygen atoms in total. The van der Waals surface area contributed by atoms with Gasteiger partial charge in [0.2, 0.25) is 10.0 Å². The highest BCUT2D eigenvalue weighted by atomic mass is 32.2. The number of ether oxygens (including phenoxy) is 2. The Bertz CT molecular complexity index is 1370. The van der Waals surface area contributed by atoms with Crippen molar-refractivity contribution in [3.8, 4) is 39.1 Å². The molecule has 180 valence electrons. The number of nitrogens with zero attached hydrogens (tertiary/aromatic N) is 2. The van der Waals surface area contributed by atoms with E-state index in [0.29, 0.717) is 18.0 Å². The molecule has 0 saturated carbocycles. The van der Waals surface area contributed by atoms with E-state index >= 15 is 0 Å². The minimum atomic E-state index is -3.43. The molecule has 1 aliphatic heterocycles. The number of thiazole rings is 1. The van der Waals surface area contributed by atoms with Gasteiger partial charge in [0.1, 0.15) is 22.3 Å². The molecule has 8 heteroatoms. The van der Waals surface area contributed by atoms with Crippen molar-refractivity contribution in [2.24, 2.45) is 0 Å². The van der Waals surface area contributed by atoms with Crippen LogP contribution >= 0.6 is 11.3 Å². The highest BCUT2D eigenvalue weighted by molar-refractivity contribution is 7.89. The molecule has 4 aromatic rings. The Morgan fingerprint density at radius 2 is 1.34 bits per heavy atom. The Hall–Kier alpha value is -3.20. The summed E-state index contributed by atoms with van der Waals surface area (Å²) in [5.41, 5.74) is 2.71. The highest BCUT2D eigenvalue weighted by Gasteiger charge is 2.25. The SMILES string of the molecule is COc1ccc(Oc2ccc(-c3nc(-c4ccc(S(=O)(=O)N5CCCCC5)cc4)cs3)cc2)cc1. The topological polar surface area (TPSA) is 68.7 Å². The van der Waals surface area contributed by atoms with Gasteiger partial charge >= 0.3 is 0 Å². The predicted molar refractivity (Wildman–Crippen MR) is 139 cm³/mol. The van der Waals surface area contributed by atoms with Crippen LogP contribution in [0.2, 0.25) is 0 Å². The van der Waals surface area contributed by atoms with E-state index < -0.39 is 10.0 Å². The van der Waals surface area contributed by atoms with E-state index in [4.69, 9.17) is 14.5 Å². The minimum Gasteiger partial charge on any atom is -0.497 e. The van der Waals surface area contributed by atoms with Gasteiger partial charge in [0, 0.05) is 29.6 Å². The summed E-state index contributed by atoms with van der Waals surface area (Å²) in [6.07, 6.45) is 2.94. The van der Waals surface area contributed by atoms with Crippen molar-refractivity contribution in [1.29, 1.82) is 0 Å². The number of sulfonamides is 1. The maximum Gasteiger partial charge on any atom is 0.243 e. The minimum absolute atomic E-state index is 0.339. The van der Waals surface area contributed by atoms with Gasteiger partial charge in [0.05, 0.1) is 17.7 Å². The van der Waals surface area contributed by atoms with Crippen molar-refractivity contribution in [3.05, 3.63) is 78.2 Å². The van der Waals surface area contributed by atoms with Crippen LogP contribution in [-0.2, 0) is 10.0 Å². The number of rotatable bonds is 7. The second-order valence-corrected chi connectivity index (χ2v) is 11.1. The summed E-state index contributed by atoms with van der Waals surface area (Å²) in [6, 6.07) is 22.3. The third kappa shape index (κ3) is 5.24. The summed E-state index contributed by atoms with van der Waals surface area (Å²) in [7, 11) is -1.80. The highest BCUT2D eigenvalue weighted by Crippen LogP contribution is 2.32. The summed E-state index contributed by atoms with van der Waals surface area (Å²) in [6.45, 7) is 1.20. The Morgan fingerprint density at radius 3 is 1.97 bits per heavy atom. The lowest BCUT2D eigenvalue weighted by Crippen LogP contribution is -2.35. The van der Waals surface area contributed by atoms with Gasteiger partial charge in [-0.25, -0.2) is 13.4 Å². The summed E-state index contributed by atoms with van der Waals surface area (Å²) in [5, 5.41) is 2.88. The zero-order valence-electron chi connectivity index (χ0n) is 19.4. The summed E-state index contributed by atoms with van der Waals surface area (Å²) in [5.74, 6) is 2.26. The fourth-order valence-electron chi connectivity index (χ4n) is 4.04. The summed E-state index contributed by atoms with van der Waals surface area (Å²) >= 11 is 1.55. The molecule has 0 aliphatic carbocycles. The monoisotopic (exact) mass is 506 g/mol. The van der Waals surface area contributed by atoms with Crippen molar-refractivity contribution in [2.45, 2.75) is 24.2 Å². The first-order valence-corrected chi connectivity index (χ1v) is 13.8. The average molecular weight is 507 g/mol. The van der Waals surface area contributed by atoms with E-state index in [2.05, 4.69) is 0 Å². The van der Waals surface area contributed by atoms with Crippen molar-refractivity contribution < 1.29 is 17.9 Å². The van der Waals surface area contributed by atoms with Crippen LogP contribution in [0, 0.1) is 0 Å². The van der Waals surface area contributed by atoms with Gasteiger partial charge in [0.15, 0.2) is 0 Å². The Kier molecular flexibility index (Phi) is 6.86. The van der Waals surface area contributed by atoms with Gasteiger partial charge in [-0.05, 0) is 73.5 Å². The first-order valence-electron chi connectivity index (χ1n) is 11.5. The molecular weight excluding hydrogens is 480 g/mol. The van der Waals surface area contributed by atoms with Gasteiger partial charge in [-0.1, -0.05) is 18.6 Å². The average Bonchev–Trinajstić information content (AvgIpc) is 3.41. The molecule has 0 amide bonds. The maximum atomic E-state index is 12.9. The zero-order chi connectivity index (χ0) is 24.3. The molecule has 1 aromatic heterocycles. The molecule has 1 aliphatic rings. The molecule has 2 heterocycles. The van der Waals surface area contributed by atoms with Crippen LogP contribution in [0.5, 0.6) is 17.2 Å². The first-order chi connectivity index (χ1) is 17.0. The van der Waals surface area contributed by atoms with Gasteiger partial charge in [0.25, 0.3) is 0 Å². The van der Waals surface area contributed by atoms with Gasteiger partial charge in [-0.3, -0.25) is 0 Å². The van der Waals surface area contributed by atoms with Crippen LogP contribution in [-0.4, -0.2) is 37.9 Å². The lowest BCUT2D eigenvalue weighted by molar-refractivity contribution is 0.346. The van der Waals surface area contributed by atoms with Crippen LogP contribution < -0.4 is 9.47 Å². The van der Waals surface area contributed by atoms with Crippen LogP contribution in [0.1, 0.15) is 19.3 Å². The predicted octanol–water partition coefficient (Wildman–Crippen LogP) is 6.45. The largest absolute Gasteiger partial charge is 0.497 e. The van der Waals surface area contributed by atoms with Crippen LogP contribution in [0.25, 0.3) is 21.8 Å². The molecule has 0 unspecified atom stereocenters.